The highest BCUT2D eigenvalue weighted by Gasteiger charge is 2.15. The molecule has 0 atom stereocenters. The average molecular weight is 306 g/mol. The number of halogens is 1. The Morgan fingerprint density at radius 1 is 1.19 bits per heavy atom. The van der Waals surface area contributed by atoms with E-state index in [-0.39, 0.29) is 0 Å². The van der Waals surface area contributed by atoms with E-state index >= 15 is 0 Å². The lowest BCUT2D eigenvalue weighted by molar-refractivity contribution is 0.385. The molecule has 2 aromatic heterocycles. The van der Waals surface area contributed by atoms with Crippen LogP contribution in [0.3, 0.4) is 0 Å². The van der Waals surface area contributed by atoms with Crippen LogP contribution in [0.1, 0.15) is 11.7 Å². The van der Waals surface area contributed by atoms with Gasteiger partial charge in [-0.15, -0.1) is 0 Å². The first-order valence-corrected chi connectivity index (χ1v) is 6.59. The van der Waals surface area contributed by atoms with Crippen molar-refractivity contribution in [1.29, 1.82) is 0 Å². The van der Waals surface area contributed by atoms with E-state index in [4.69, 9.17) is 20.6 Å². The van der Waals surface area contributed by atoms with E-state index in [0.717, 1.165) is 5.56 Å². The zero-order chi connectivity index (χ0) is 14.8. The fourth-order valence-corrected chi connectivity index (χ4v) is 1.99. The summed E-state index contributed by atoms with van der Waals surface area (Å²) in [5, 5.41) is 8.39. The van der Waals surface area contributed by atoms with Gasteiger partial charge in [-0.2, -0.15) is 9.97 Å². The van der Waals surface area contributed by atoms with Crippen LogP contribution in [-0.4, -0.2) is 27.3 Å². The molecule has 0 radical (unpaired) electrons. The first-order valence-electron chi connectivity index (χ1n) is 6.22. The van der Waals surface area contributed by atoms with Crippen molar-refractivity contribution in [3.8, 4) is 11.4 Å². The van der Waals surface area contributed by atoms with Crippen LogP contribution < -0.4 is 4.90 Å². The standard InChI is InChI=1S/C13H12ClN5O2/c1-8-15-11(17-20-8)7-19(2)13-16-12(18-21-13)9-4-3-5-10(14)6-9/h3-6H,7H2,1-2H3. The summed E-state index contributed by atoms with van der Waals surface area (Å²) in [6, 6.07) is 7.63. The Bertz CT molecular complexity index is 754. The van der Waals surface area contributed by atoms with E-state index in [1.165, 1.54) is 0 Å². The van der Waals surface area contributed by atoms with Gasteiger partial charge in [-0.3, -0.25) is 0 Å². The highest BCUT2D eigenvalue weighted by atomic mass is 35.5. The largest absolute Gasteiger partial charge is 0.340 e. The van der Waals surface area contributed by atoms with Crippen LogP contribution in [0.15, 0.2) is 33.3 Å². The van der Waals surface area contributed by atoms with Gasteiger partial charge in [0.15, 0.2) is 5.82 Å². The fourth-order valence-electron chi connectivity index (χ4n) is 1.80. The van der Waals surface area contributed by atoms with E-state index in [1.54, 1.807) is 31.0 Å². The Labute approximate surface area is 125 Å². The lowest BCUT2D eigenvalue weighted by Gasteiger charge is -2.09. The molecule has 0 N–H and O–H groups in total. The molecular weight excluding hydrogens is 294 g/mol. The van der Waals surface area contributed by atoms with Crippen molar-refractivity contribution in [1.82, 2.24) is 20.3 Å². The van der Waals surface area contributed by atoms with Crippen molar-refractivity contribution in [3.63, 3.8) is 0 Å². The lowest BCUT2D eigenvalue weighted by Crippen LogP contribution is -2.17. The zero-order valence-electron chi connectivity index (χ0n) is 11.4. The second-order valence-corrected chi connectivity index (χ2v) is 4.93. The first-order chi connectivity index (χ1) is 10.1. The summed E-state index contributed by atoms with van der Waals surface area (Å²) >= 11 is 5.95. The maximum absolute atomic E-state index is 5.95. The van der Waals surface area contributed by atoms with Crippen LogP contribution in [-0.2, 0) is 6.54 Å². The Balaban J connectivity index is 1.78. The van der Waals surface area contributed by atoms with Gasteiger partial charge in [-0.1, -0.05) is 34.0 Å². The van der Waals surface area contributed by atoms with Gasteiger partial charge in [0.05, 0.1) is 6.54 Å². The van der Waals surface area contributed by atoms with Gasteiger partial charge in [0.1, 0.15) is 0 Å². The van der Waals surface area contributed by atoms with E-state index in [2.05, 4.69) is 20.3 Å². The summed E-state index contributed by atoms with van der Waals surface area (Å²) in [5.74, 6) is 1.55. The van der Waals surface area contributed by atoms with Gasteiger partial charge in [0.25, 0.3) is 0 Å². The van der Waals surface area contributed by atoms with Crippen LogP contribution in [0, 0.1) is 6.92 Å². The number of rotatable bonds is 4. The predicted molar refractivity (Wildman–Crippen MR) is 75.9 cm³/mol. The second kappa shape index (κ2) is 5.53. The molecule has 2 heterocycles. The molecule has 0 amide bonds. The van der Waals surface area contributed by atoms with Gasteiger partial charge in [0, 0.05) is 24.6 Å². The summed E-state index contributed by atoms with van der Waals surface area (Å²) in [4.78, 5) is 10.2. The molecular formula is C13H12ClN5O2. The third kappa shape index (κ3) is 3.03. The number of benzene rings is 1. The van der Waals surface area contributed by atoms with Crippen molar-refractivity contribution < 1.29 is 9.05 Å². The van der Waals surface area contributed by atoms with E-state index in [1.807, 2.05) is 12.1 Å². The van der Waals surface area contributed by atoms with Crippen LogP contribution in [0.25, 0.3) is 11.4 Å². The Morgan fingerprint density at radius 3 is 2.76 bits per heavy atom. The molecule has 0 unspecified atom stereocenters. The summed E-state index contributed by atoms with van der Waals surface area (Å²) < 4.78 is 10.2. The van der Waals surface area contributed by atoms with Crippen LogP contribution >= 0.6 is 11.6 Å². The zero-order valence-corrected chi connectivity index (χ0v) is 12.2. The number of hydrogen-bond acceptors (Lipinski definition) is 7. The molecule has 0 fully saturated rings. The second-order valence-electron chi connectivity index (χ2n) is 4.50. The van der Waals surface area contributed by atoms with Gasteiger partial charge in [-0.05, 0) is 12.1 Å². The van der Waals surface area contributed by atoms with E-state index in [9.17, 15) is 0 Å². The highest BCUT2D eigenvalue weighted by Crippen LogP contribution is 2.22. The number of aromatic nitrogens is 4. The van der Waals surface area contributed by atoms with E-state index in [0.29, 0.717) is 35.1 Å². The minimum atomic E-state index is 0.368. The molecule has 7 nitrogen and oxygen atoms in total. The summed E-state index contributed by atoms with van der Waals surface area (Å²) in [6.45, 7) is 2.15. The topological polar surface area (TPSA) is 81.1 Å². The molecule has 0 aliphatic carbocycles. The molecule has 0 saturated carbocycles. The molecule has 108 valence electrons. The predicted octanol–water partition coefficient (Wildman–Crippen LogP) is 2.72. The van der Waals surface area contributed by atoms with Gasteiger partial charge < -0.3 is 13.9 Å². The normalized spacial score (nSPS) is 10.8. The Hall–Kier alpha value is -2.41. The lowest BCUT2D eigenvalue weighted by atomic mass is 10.2. The van der Waals surface area contributed by atoms with Crippen LogP contribution in [0.5, 0.6) is 0 Å². The first kappa shape index (κ1) is 13.6. The summed E-state index contributed by atoms with van der Waals surface area (Å²) in [6.07, 6.45) is 0. The molecule has 0 saturated heterocycles. The molecule has 3 aromatic rings. The monoisotopic (exact) mass is 305 g/mol. The molecule has 0 aliphatic heterocycles. The van der Waals surface area contributed by atoms with Gasteiger partial charge >= 0.3 is 6.01 Å². The molecule has 8 heteroatoms. The van der Waals surface area contributed by atoms with Crippen molar-refractivity contribution in [2.75, 3.05) is 11.9 Å². The maximum Gasteiger partial charge on any atom is 0.324 e. The number of anilines is 1. The third-order valence-electron chi connectivity index (χ3n) is 2.77. The number of aryl methyl sites for hydroxylation is 1. The third-order valence-corrected chi connectivity index (χ3v) is 3.01. The molecule has 1 aromatic carbocycles. The van der Waals surface area contributed by atoms with Gasteiger partial charge in [-0.25, -0.2) is 0 Å². The average Bonchev–Trinajstić information content (AvgIpc) is 3.08. The van der Waals surface area contributed by atoms with E-state index < -0.39 is 0 Å². The minimum absolute atomic E-state index is 0.368. The number of nitrogens with zero attached hydrogens (tertiary/aromatic N) is 5. The quantitative estimate of drug-likeness (QED) is 0.733. The van der Waals surface area contributed by atoms with Crippen molar-refractivity contribution in [3.05, 3.63) is 41.0 Å². The summed E-state index contributed by atoms with van der Waals surface area (Å²) in [5.41, 5.74) is 0.793. The fraction of sp³-hybridized carbons (Fsp3) is 0.231. The Morgan fingerprint density at radius 2 is 2.05 bits per heavy atom. The Kier molecular flexibility index (Phi) is 3.57. The highest BCUT2D eigenvalue weighted by molar-refractivity contribution is 6.30. The molecule has 0 bridgehead atoms. The molecule has 0 spiro atoms. The molecule has 0 aliphatic rings. The van der Waals surface area contributed by atoms with Crippen LogP contribution in [0.4, 0.5) is 6.01 Å². The van der Waals surface area contributed by atoms with Gasteiger partial charge in [0.2, 0.25) is 11.7 Å². The van der Waals surface area contributed by atoms with Crippen molar-refractivity contribution in [2.24, 2.45) is 0 Å². The SMILES string of the molecule is Cc1nc(CN(C)c2nc(-c3cccc(Cl)c3)no2)no1. The van der Waals surface area contributed by atoms with Crippen LogP contribution in [0.2, 0.25) is 5.02 Å². The number of hydrogen-bond donors (Lipinski definition) is 0. The molecule has 3 rings (SSSR count). The van der Waals surface area contributed by atoms with Crippen molar-refractivity contribution in [2.45, 2.75) is 13.5 Å². The smallest absolute Gasteiger partial charge is 0.324 e. The molecule has 21 heavy (non-hydrogen) atoms. The minimum Gasteiger partial charge on any atom is -0.340 e. The van der Waals surface area contributed by atoms with Crippen molar-refractivity contribution >= 4 is 17.6 Å². The summed E-state index contributed by atoms with van der Waals surface area (Å²) in [7, 11) is 1.81. The maximum atomic E-state index is 5.95.